The Bertz CT molecular complexity index is 526. The smallest absolute Gasteiger partial charge is 0.134 e. The average molecular weight is 258 g/mol. The Balaban J connectivity index is 1.52. The minimum Gasteiger partial charge on any atom is -0.464 e. The summed E-state index contributed by atoms with van der Waals surface area (Å²) in [6, 6.07) is 8.64. The summed E-state index contributed by atoms with van der Waals surface area (Å²) in [4.78, 5) is 0. The van der Waals surface area contributed by atoms with Crippen molar-refractivity contribution in [3.8, 4) is 0 Å². The predicted octanol–water partition coefficient (Wildman–Crippen LogP) is 3.04. The van der Waals surface area contributed by atoms with E-state index in [-0.39, 0.29) is 0 Å². The Morgan fingerprint density at radius 2 is 1.95 bits per heavy atom. The molecule has 0 bridgehead atoms. The van der Waals surface area contributed by atoms with E-state index in [9.17, 15) is 0 Å². The van der Waals surface area contributed by atoms with Crippen molar-refractivity contribution in [3.05, 3.63) is 36.1 Å². The summed E-state index contributed by atoms with van der Waals surface area (Å²) in [5, 5.41) is 4.79. The van der Waals surface area contributed by atoms with Crippen molar-refractivity contribution in [2.24, 2.45) is 11.7 Å². The van der Waals surface area contributed by atoms with Crippen molar-refractivity contribution >= 4 is 11.0 Å². The summed E-state index contributed by atoms with van der Waals surface area (Å²) in [5.41, 5.74) is 8.16. The fraction of sp³-hybridized carbons (Fsp3) is 0.500. The second-order valence-corrected chi connectivity index (χ2v) is 5.67. The highest BCUT2D eigenvalue weighted by Gasteiger charge is 2.18. The van der Waals surface area contributed by atoms with Crippen LogP contribution >= 0.6 is 0 Å². The van der Waals surface area contributed by atoms with Crippen LogP contribution in [0.25, 0.3) is 11.0 Å². The van der Waals surface area contributed by atoms with Gasteiger partial charge in [-0.2, -0.15) is 0 Å². The topological polar surface area (TPSA) is 51.2 Å². The third-order valence-electron chi connectivity index (χ3n) is 4.20. The predicted molar refractivity (Wildman–Crippen MR) is 77.9 cm³/mol. The average Bonchev–Trinajstić information content (AvgIpc) is 2.85. The summed E-state index contributed by atoms with van der Waals surface area (Å²) in [6.07, 6.45) is 6.76. The lowest BCUT2D eigenvalue weighted by atomic mass is 9.86. The second-order valence-electron chi connectivity index (χ2n) is 5.67. The monoisotopic (exact) mass is 258 g/mol. The molecular formula is C16H22N2O. The van der Waals surface area contributed by atoms with E-state index in [0.29, 0.717) is 6.04 Å². The van der Waals surface area contributed by atoms with Crippen LogP contribution in [0.3, 0.4) is 0 Å². The van der Waals surface area contributed by atoms with Crippen molar-refractivity contribution in [2.45, 2.75) is 38.3 Å². The Kier molecular flexibility index (Phi) is 3.85. The normalized spacial score (nSPS) is 23.8. The van der Waals surface area contributed by atoms with E-state index in [4.69, 9.17) is 10.2 Å². The van der Waals surface area contributed by atoms with Gasteiger partial charge in [-0.3, -0.25) is 0 Å². The molecular weight excluding hydrogens is 236 g/mol. The van der Waals surface area contributed by atoms with Crippen LogP contribution in [0.1, 0.15) is 31.2 Å². The largest absolute Gasteiger partial charge is 0.464 e. The first-order chi connectivity index (χ1) is 9.33. The van der Waals surface area contributed by atoms with Crippen LogP contribution in [0.2, 0.25) is 0 Å². The van der Waals surface area contributed by atoms with Gasteiger partial charge < -0.3 is 15.5 Å². The third-order valence-corrected chi connectivity index (χ3v) is 4.20. The molecule has 3 N–H and O–H groups in total. The van der Waals surface area contributed by atoms with Crippen molar-refractivity contribution in [2.75, 3.05) is 6.54 Å². The van der Waals surface area contributed by atoms with Gasteiger partial charge in [0.25, 0.3) is 0 Å². The zero-order valence-corrected chi connectivity index (χ0v) is 11.3. The molecule has 3 nitrogen and oxygen atoms in total. The number of benzene rings is 1. The molecule has 0 radical (unpaired) electrons. The standard InChI is InChI=1S/C16H22N2O/c17-14-7-5-12(6-8-14)9-18-10-13-11-19-16-4-2-1-3-15(13)16/h1-4,11-12,14,18H,5-10,17H2. The van der Waals surface area contributed by atoms with Gasteiger partial charge in [0.1, 0.15) is 5.58 Å². The van der Waals surface area contributed by atoms with E-state index in [1.54, 1.807) is 0 Å². The van der Waals surface area contributed by atoms with Crippen LogP contribution in [0.15, 0.2) is 34.9 Å². The summed E-state index contributed by atoms with van der Waals surface area (Å²) in [6.45, 7) is 1.98. The van der Waals surface area contributed by atoms with Crippen LogP contribution in [0.5, 0.6) is 0 Å². The molecule has 0 unspecified atom stereocenters. The second kappa shape index (κ2) is 5.76. The van der Waals surface area contributed by atoms with Crippen LogP contribution in [0, 0.1) is 5.92 Å². The number of hydrogen-bond donors (Lipinski definition) is 2. The van der Waals surface area contributed by atoms with Gasteiger partial charge in [0, 0.05) is 23.5 Å². The highest BCUT2D eigenvalue weighted by molar-refractivity contribution is 5.80. The lowest BCUT2D eigenvalue weighted by Gasteiger charge is -2.26. The fourth-order valence-electron chi connectivity index (χ4n) is 2.97. The lowest BCUT2D eigenvalue weighted by molar-refractivity contribution is 0.314. The molecule has 0 amide bonds. The third kappa shape index (κ3) is 2.99. The first kappa shape index (κ1) is 12.7. The molecule has 1 aliphatic carbocycles. The fourth-order valence-corrected chi connectivity index (χ4v) is 2.97. The van der Waals surface area contributed by atoms with Gasteiger partial charge in [-0.05, 0) is 44.2 Å². The minimum atomic E-state index is 0.439. The van der Waals surface area contributed by atoms with Crippen molar-refractivity contribution in [1.82, 2.24) is 5.32 Å². The number of para-hydroxylation sites is 1. The van der Waals surface area contributed by atoms with Gasteiger partial charge in [-0.15, -0.1) is 0 Å². The summed E-state index contributed by atoms with van der Waals surface area (Å²) < 4.78 is 5.55. The van der Waals surface area contributed by atoms with E-state index in [0.717, 1.165) is 24.6 Å². The molecule has 19 heavy (non-hydrogen) atoms. The molecule has 0 atom stereocenters. The Morgan fingerprint density at radius 3 is 2.79 bits per heavy atom. The maximum atomic E-state index is 5.93. The Morgan fingerprint density at radius 1 is 1.16 bits per heavy atom. The maximum Gasteiger partial charge on any atom is 0.134 e. The molecule has 0 spiro atoms. The van der Waals surface area contributed by atoms with Gasteiger partial charge in [-0.25, -0.2) is 0 Å². The molecule has 0 saturated heterocycles. The van der Waals surface area contributed by atoms with Crippen LogP contribution < -0.4 is 11.1 Å². The highest BCUT2D eigenvalue weighted by Crippen LogP contribution is 2.23. The molecule has 2 aromatic rings. The van der Waals surface area contributed by atoms with E-state index in [1.165, 1.54) is 36.6 Å². The minimum absolute atomic E-state index is 0.439. The van der Waals surface area contributed by atoms with Gasteiger partial charge in [-0.1, -0.05) is 18.2 Å². The molecule has 1 fully saturated rings. The SMILES string of the molecule is NC1CCC(CNCc2coc3ccccc23)CC1. The molecule has 1 aromatic carbocycles. The number of hydrogen-bond acceptors (Lipinski definition) is 3. The zero-order chi connectivity index (χ0) is 13.1. The Hall–Kier alpha value is -1.32. The molecule has 0 aliphatic heterocycles. The molecule has 1 saturated carbocycles. The summed E-state index contributed by atoms with van der Waals surface area (Å²) >= 11 is 0. The lowest BCUT2D eigenvalue weighted by Crippen LogP contribution is -2.31. The number of nitrogens with one attached hydrogen (secondary N) is 1. The molecule has 1 aliphatic rings. The highest BCUT2D eigenvalue weighted by atomic mass is 16.3. The van der Waals surface area contributed by atoms with Crippen LogP contribution in [-0.4, -0.2) is 12.6 Å². The van der Waals surface area contributed by atoms with Gasteiger partial charge in [0.2, 0.25) is 0 Å². The van der Waals surface area contributed by atoms with E-state index in [2.05, 4.69) is 17.4 Å². The van der Waals surface area contributed by atoms with Gasteiger partial charge in [0.05, 0.1) is 6.26 Å². The van der Waals surface area contributed by atoms with E-state index in [1.807, 2.05) is 18.4 Å². The first-order valence-corrected chi connectivity index (χ1v) is 7.24. The molecule has 1 heterocycles. The van der Waals surface area contributed by atoms with Crippen LogP contribution in [-0.2, 0) is 6.54 Å². The Labute approximate surface area is 114 Å². The number of furan rings is 1. The quantitative estimate of drug-likeness (QED) is 0.886. The van der Waals surface area contributed by atoms with E-state index >= 15 is 0 Å². The van der Waals surface area contributed by atoms with Crippen molar-refractivity contribution in [1.29, 1.82) is 0 Å². The van der Waals surface area contributed by atoms with Gasteiger partial charge >= 0.3 is 0 Å². The van der Waals surface area contributed by atoms with Gasteiger partial charge in [0.15, 0.2) is 0 Å². The van der Waals surface area contributed by atoms with Crippen molar-refractivity contribution < 1.29 is 4.42 Å². The molecule has 3 heteroatoms. The first-order valence-electron chi connectivity index (χ1n) is 7.24. The molecule has 1 aromatic heterocycles. The van der Waals surface area contributed by atoms with Crippen LogP contribution in [0.4, 0.5) is 0 Å². The van der Waals surface area contributed by atoms with E-state index < -0.39 is 0 Å². The molecule has 3 rings (SSSR count). The number of nitrogens with two attached hydrogens (primary N) is 1. The summed E-state index contributed by atoms with van der Waals surface area (Å²) in [5.74, 6) is 0.790. The summed E-state index contributed by atoms with van der Waals surface area (Å²) in [7, 11) is 0. The number of rotatable bonds is 4. The molecule has 102 valence electrons. The number of fused-ring (bicyclic) bond motifs is 1. The maximum absolute atomic E-state index is 5.93. The van der Waals surface area contributed by atoms with Crippen molar-refractivity contribution in [3.63, 3.8) is 0 Å². The zero-order valence-electron chi connectivity index (χ0n) is 11.3.